The number of hydrogen-bond donors (Lipinski definition) is 1. The molecule has 0 saturated heterocycles. The minimum absolute atomic E-state index is 0.115. The fourth-order valence-corrected chi connectivity index (χ4v) is 2.49. The Hall–Kier alpha value is -1.33. The molecule has 0 heterocycles. The Kier molecular flexibility index (Phi) is 5.14. The standard InChI is InChI=1S/C13H24N2O4/c1-12(2,3)19-11(16)14-13(9-10-15(17)18)7-5-4-6-8-13/h4-10H2,1-3H3,(H,14,16). The third-order valence-electron chi connectivity index (χ3n) is 3.35. The molecule has 0 aromatic carbocycles. The number of hydrogen-bond acceptors (Lipinski definition) is 4. The zero-order valence-electron chi connectivity index (χ0n) is 12.0. The fourth-order valence-electron chi connectivity index (χ4n) is 2.49. The highest BCUT2D eigenvalue weighted by molar-refractivity contribution is 5.68. The molecule has 0 radical (unpaired) electrons. The minimum Gasteiger partial charge on any atom is -0.444 e. The first-order valence-electron chi connectivity index (χ1n) is 6.85. The molecule has 1 amide bonds. The molecule has 6 heteroatoms. The Morgan fingerprint density at radius 3 is 2.37 bits per heavy atom. The van der Waals surface area contributed by atoms with Gasteiger partial charge in [0.2, 0.25) is 6.54 Å². The Bertz CT molecular complexity index is 330. The lowest BCUT2D eigenvalue weighted by Crippen LogP contribution is -2.52. The molecule has 19 heavy (non-hydrogen) atoms. The smallest absolute Gasteiger partial charge is 0.408 e. The second-order valence-corrected chi connectivity index (χ2v) is 6.27. The van der Waals surface area contributed by atoms with E-state index in [1.807, 2.05) is 0 Å². The molecular formula is C13H24N2O4. The summed E-state index contributed by atoms with van der Waals surface area (Å²) < 4.78 is 5.25. The quantitative estimate of drug-likeness (QED) is 0.630. The van der Waals surface area contributed by atoms with E-state index in [0.717, 1.165) is 32.1 Å². The van der Waals surface area contributed by atoms with Crippen LogP contribution in [0.5, 0.6) is 0 Å². The van der Waals surface area contributed by atoms with Crippen molar-refractivity contribution in [3.8, 4) is 0 Å². The van der Waals surface area contributed by atoms with Gasteiger partial charge in [0.1, 0.15) is 5.60 Å². The number of carbonyl (C=O) groups is 1. The summed E-state index contributed by atoms with van der Waals surface area (Å²) in [5.41, 5.74) is -1.02. The van der Waals surface area contributed by atoms with Crippen LogP contribution in [0.15, 0.2) is 0 Å². The molecule has 1 N–H and O–H groups in total. The van der Waals surface area contributed by atoms with Crippen LogP contribution in [-0.2, 0) is 4.74 Å². The van der Waals surface area contributed by atoms with Crippen LogP contribution in [-0.4, -0.2) is 28.7 Å². The van der Waals surface area contributed by atoms with Crippen LogP contribution in [0.25, 0.3) is 0 Å². The van der Waals surface area contributed by atoms with Crippen molar-refractivity contribution < 1.29 is 14.5 Å². The number of carbonyl (C=O) groups excluding carboxylic acids is 1. The van der Waals surface area contributed by atoms with E-state index in [1.165, 1.54) is 0 Å². The zero-order chi connectivity index (χ0) is 14.5. The van der Waals surface area contributed by atoms with Gasteiger partial charge in [-0.2, -0.15) is 0 Å². The molecule has 1 saturated carbocycles. The predicted molar refractivity (Wildman–Crippen MR) is 71.7 cm³/mol. The van der Waals surface area contributed by atoms with Crippen molar-refractivity contribution in [1.29, 1.82) is 0 Å². The zero-order valence-corrected chi connectivity index (χ0v) is 12.0. The number of nitrogens with zero attached hydrogens (tertiary/aromatic N) is 1. The molecular weight excluding hydrogens is 248 g/mol. The molecule has 0 aliphatic heterocycles. The third kappa shape index (κ3) is 5.89. The van der Waals surface area contributed by atoms with Gasteiger partial charge < -0.3 is 10.1 Å². The lowest BCUT2D eigenvalue weighted by Gasteiger charge is -2.37. The average molecular weight is 272 g/mol. The summed E-state index contributed by atoms with van der Waals surface area (Å²) in [4.78, 5) is 22.1. The van der Waals surface area contributed by atoms with Gasteiger partial charge >= 0.3 is 6.09 Å². The van der Waals surface area contributed by atoms with Crippen LogP contribution >= 0.6 is 0 Å². The lowest BCUT2D eigenvalue weighted by atomic mass is 9.79. The van der Waals surface area contributed by atoms with E-state index < -0.39 is 17.2 Å². The van der Waals surface area contributed by atoms with Crippen LogP contribution in [0, 0.1) is 10.1 Å². The van der Waals surface area contributed by atoms with E-state index in [1.54, 1.807) is 20.8 Å². The SMILES string of the molecule is CC(C)(C)OC(=O)NC1(CC[N+](=O)[O-])CCCCC1. The van der Waals surface area contributed by atoms with Crippen LogP contribution in [0.2, 0.25) is 0 Å². The highest BCUT2D eigenvalue weighted by atomic mass is 16.6. The van der Waals surface area contributed by atoms with Crippen molar-refractivity contribution in [2.24, 2.45) is 0 Å². The second kappa shape index (κ2) is 6.21. The number of rotatable bonds is 4. The number of alkyl carbamates (subject to hydrolysis) is 1. The lowest BCUT2D eigenvalue weighted by molar-refractivity contribution is -0.482. The highest BCUT2D eigenvalue weighted by Crippen LogP contribution is 2.31. The molecule has 110 valence electrons. The second-order valence-electron chi connectivity index (χ2n) is 6.27. The van der Waals surface area contributed by atoms with Crippen molar-refractivity contribution in [2.75, 3.05) is 6.54 Å². The van der Waals surface area contributed by atoms with Gasteiger partial charge in [0.25, 0.3) is 0 Å². The molecule has 0 aromatic heterocycles. The molecule has 0 aromatic rings. The molecule has 6 nitrogen and oxygen atoms in total. The van der Waals surface area contributed by atoms with E-state index >= 15 is 0 Å². The summed E-state index contributed by atoms with van der Waals surface area (Å²) in [6.07, 6.45) is 4.59. The van der Waals surface area contributed by atoms with Gasteiger partial charge in [0.15, 0.2) is 0 Å². The van der Waals surface area contributed by atoms with E-state index in [-0.39, 0.29) is 11.5 Å². The summed E-state index contributed by atoms with van der Waals surface area (Å²) >= 11 is 0. The summed E-state index contributed by atoms with van der Waals surface area (Å²) in [6.45, 7) is 5.29. The van der Waals surface area contributed by atoms with Crippen molar-refractivity contribution in [3.63, 3.8) is 0 Å². The molecule has 0 unspecified atom stereocenters. The minimum atomic E-state index is -0.553. The normalized spacial score (nSPS) is 18.7. The molecule has 1 rings (SSSR count). The van der Waals surface area contributed by atoms with Crippen LogP contribution in [0.4, 0.5) is 4.79 Å². The summed E-state index contributed by atoms with van der Waals surface area (Å²) in [5.74, 6) is 0. The van der Waals surface area contributed by atoms with Gasteiger partial charge in [-0.1, -0.05) is 19.3 Å². The van der Waals surface area contributed by atoms with Gasteiger partial charge in [-0.05, 0) is 33.6 Å². The number of ether oxygens (including phenoxy) is 1. The van der Waals surface area contributed by atoms with Crippen LogP contribution in [0.1, 0.15) is 59.3 Å². The average Bonchev–Trinajstić information content (AvgIpc) is 2.25. The van der Waals surface area contributed by atoms with Crippen molar-refractivity contribution in [1.82, 2.24) is 5.32 Å². The summed E-state index contributed by atoms with van der Waals surface area (Å²) in [6, 6.07) is 0. The van der Waals surface area contributed by atoms with Crippen molar-refractivity contribution in [3.05, 3.63) is 10.1 Å². The maximum atomic E-state index is 11.9. The van der Waals surface area contributed by atoms with E-state index in [0.29, 0.717) is 6.42 Å². The Morgan fingerprint density at radius 2 is 1.89 bits per heavy atom. The Balaban J connectivity index is 2.63. The topological polar surface area (TPSA) is 81.5 Å². The molecule has 0 atom stereocenters. The first kappa shape index (κ1) is 15.7. The van der Waals surface area contributed by atoms with Gasteiger partial charge in [0, 0.05) is 16.9 Å². The number of nitro groups is 1. The van der Waals surface area contributed by atoms with E-state index in [2.05, 4.69) is 5.32 Å². The molecule has 0 spiro atoms. The van der Waals surface area contributed by atoms with Gasteiger partial charge in [-0.15, -0.1) is 0 Å². The highest BCUT2D eigenvalue weighted by Gasteiger charge is 2.36. The maximum Gasteiger partial charge on any atom is 0.408 e. The Labute approximate surface area is 114 Å². The molecule has 0 bridgehead atoms. The van der Waals surface area contributed by atoms with Gasteiger partial charge in [-0.3, -0.25) is 10.1 Å². The molecule has 1 fully saturated rings. The summed E-state index contributed by atoms with van der Waals surface area (Å²) in [7, 11) is 0. The fraction of sp³-hybridized carbons (Fsp3) is 0.923. The number of nitrogens with one attached hydrogen (secondary N) is 1. The molecule has 1 aliphatic rings. The van der Waals surface area contributed by atoms with Crippen molar-refractivity contribution >= 4 is 6.09 Å². The molecule has 1 aliphatic carbocycles. The third-order valence-corrected chi connectivity index (χ3v) is 3.35. The van der Waals surface area contributed by atoms with Crippen molar-refractivity contribution in [2.45, 2.75) is 70.4 Å². The Morgan fingerprint density at radius 1 is 1.32 bits per heavy atom. The van der Waals surface area contributed by atoms with Gasteiger partial charge in [-0.25, -0.2) is 4.79 Å². The van der Waals surface area contributed by atoms with Crippen LogP contribution in [0.3, 0.4) is 0 Å². The van der Waals surface area contributed by atoms with E-state index in [4.69, 9.17) is 4.74 Å². The largest absolute Gasteiger partial charge is 0.444 e. The first-order valence-corrected chi connectivity index (χ1v) is 6.85. The monoisotopic (exact) mass is 272 g/mol. The van der Waals surface area contributed by atoms with Gasteiger partial charge in [0.05, 0.1) is 0 Å². The first-order chi connectivity index (χ1) is 8.72. The number of amides is 1. The predicted octanol–water partition coefficient (Wildman–Crippen LogP) is 2.88. The van der Waals surface area contributed by atoms with Crippen LogP contribution < -0.4 is 5.32 Å². The maximum absolute atomic E-state index is 11.9. The van der Waals surface area contributed by atoms with E-state index in [9.17, 15) is 14.9 Å². The summed E-state index contributed by atoms with van der Waals surface area (Å²) in [5, 5.41) is 13.4.